The highest BCUT2D eigenvalue weighted by atomic mass is 35.5. The van der Waals surface area contributed by atoms with Crippen molar-refractivity contribution in [1.82, 2.24) is 19.3 Å². The van der Waals surface area contributed by atoms with E-state index in [0.29, 0.717) is 11.6 Å². The van der Waals surface area contributed by atoms with Crippen LogP contribution in [0.3, 0.4) is 0 Å². The number of halogens is 1. The SMILES string of the molecule is CCCn1cc(-n2ccc(-c3cnc(CC(C)(C)C)cc3Cl)n2)ccc1=O. The summed E-state index contributed by atoms with van der Waals surface area (Å²) < 4.78 is 3.45. The van der Waals surface area contributed by atoms with E-state index >= 15 is 0 Å². The second kappa shape index (κ2) is 7.69. The lowest BCUT2D eigenvalue weighted by Gasteiger charge is -2.17. The van der Waals surface area contributed by atoms with E-state index in [0.717, 1.165) is 35.5 Å². The van der Waals surface area contributed by atoms with Crippen LogP contribution in [0.25, 0.3) is 16.9 Å². The molecule has 0 unspecified atom stereocenters. The molecule has 0 radical (unpaired) electrons. The fourth-order valence-electron chi connectivity index (χ4n) is 2.98. The van der Waals surface area contributed by atoms with E-state index in [1.54, 1.807) is 27.6 Å². The highest BCUT2D eigenvalue weighted by Crippen LogP contribution is 2.29. The fraction of sp³-hybridized carbons (Fsp3) is 0.381. The van der Waals surface area contributed by atoms with E-state index in [4.69, 9.17) is 11.6 Å². The van der Waals surface area contributed by atoms with Crippen LogP contribution < -0.4 is 5.56 Å². The molecule has 0 aliphatic heterocycles. The van der Waals surface area contributed by atoms with E-state index in [-0.39, 0.29) is 11.0 Å². The predicted molar refractivity (Wildman–Crippen MR) is 110 cm³/mol. The highest BCUT2D eigenvalue weighted by molar-refractivity contribution is 6.33. The minimum Gasteiger partial charge on any atom is -0.313 e. The van der Waals surface area contributed by atoms with Crippen LogP contribution in [0.1, 0.15) is 39.8 Å². The number of aromatic nitrogens is 4. The van der Waals surface area contributed by atoms with Crippen molar-refractivity contribution < 1.29 is 0 Å². The zero-order valence-electron chi connectivity index (χ0n) is 16.2. The Kier molecular flexibility index (Phi) is 5.51. The zero-order chi connectivity index (χ0) is 19.6. The van der Waals surface area contributed by atoms with Gasteiger partial charge in [-0.2, -0.15) is 5.10 Å². The quantitative estimate of drug-likeness (QED) is 0.637. The topological polar surface area (TPSA) is 52.7 Å². The van der Waals surface area contributed by atoms with Crippen LogP contribution in [0.2, 0.25) is 5.02 Å². The molecule has 27 heavy (non-hydrogen) atoms. The summed E-state index contributed by atoms with van der Waals surface area (Å²) in [6.45, 7) is 9.26. The van der Waals surface area contributed by atoms with Crippen LogP contribution in [0.5, 0.6) is 0 Å². The molecule has 0 bridgehead atoms. The maximum Gasteiger partial charge on any atom is 0.250 e. The smallest absolute Gasteiger partial charge is 0.250 e. The molecule has 3 aromatic rings. The molecule has 6 heteroatoms. The normalized spacial score (nSPS) is 11.7. The van der Waals surface area contributed by atoms with Crippen LogP contribution in [-0.4, -0.2) is 19.3 Å². The van der Waals surface area contributed by atoms with E-state index in [9.17, 15) is 4.79 Å². The largest absolute Gasteiger partial charge is 0.313 e. The van der Waals surface area contributed by atoms with Crippen molar-refractivity contribution >= 4 is 11.6 Å². The summed E-state index contributed by atoms with van der Waals surface area (Å²) in [6.07, 6.45) is 7.24. The summed E-state index contributed by atoms with van der Waals surface area (Å²) in [5.41, 5.74) is 3.51. The number of rotatable bonds is 5. The molecular weight excluding hydrogens is 360 g/mol. The molecule has 0 amide bonds. The van der Waals surface area contributed by atoms with Crippen LogP contribution >= 0.6 is 11.6 Å². The lowest BCUT2D eigenvalue weighted by atomic mass is 9.90. The molecule has 3 heterocycles. The van der Waals surface area contributed by atoms with Gasteiger partial charge in [-0.05, 0) is 36.5 Å². The molecule has 0 aliphatic carbocycles. The maximum atomic E-state index is 11.9. The second-order valence-corrected chi connectivity index (χ2v) is 8.36. The average Bonchev–Trinajstić information content (AvgIpc) is 3.05. The Balaban J connectivity index is 1.90. The summed E-state index contributed by atoms with van der Waals surface area (Å²) in [5, 5.41) is 5.27. The Morgan fingerprint density at radius 2 is 1.96 bits per heavy atom. The molecule has 3 aromatic heterocycles. The Morgan fingerprint density at radius 1 is 1.19 bits per heavy atom. The maximum absolute atomic E-state index is 11.9. The first-order chi connectivity index (χ1) is 12.8. The van der Waals surface area contributed by atoms with Gasteiger partial charge in [0.1, 0.15) is 0 Å². The third kappa shape index (κ3) is 4.66. The van der Waals surface area contributed by atoms with Crippen molar-refractivity contribution in [1.29, 1.82) is 0 Å². The van der Waals surface area contributed by atoms with Gasteiger partial charge in [-0.25, -0.2) is 4.68 Å². The average molecular weight is 385 g/mol. The summed E-state index contributed by atoms with van der Waals surface area (Å²) in [7, 11) is 0. The molecule has 3 rings (SSSR count). The monoisotopic (exact) mass is 384 g/mol. The van der Waals surface area contributed by atoms with Crippen molar-refractivity contribution in [2.75, 3.05) is 0 Å². The van der Waals surface area contributed by atoms with Gasteiger partial charge < -0.3 is 4.57 Å². The number of hydrogen-bond donors (Lipinski definition) is 0. The standard InChI is InChI=1S/C21H25ClN4O/c1-5-9-25-14-16(6-7-20(25)27)26-10-8-19(24-26)17-13-23-15(11-18(17)22)12-21(2,3)4/h6-8,10-11,13-14H,5,9,12H2,1-4H3. The predicted octanol–water partition coefficient (Wildman–Crippen LogP) is 4.75. The molecule has 142 valence electrons. The first-order valence-electron chi connectivity index (χ1n) is 9.18. The van der Waals surface area contributed by atoms with Crippen molar-refractivity contribution in [3.63, 3.8) is 0 Å². The zero-order valence-corrected chi connectivity index (χ0v) is 17.0. The van der Waals surface area contributed by atoms with Gasteiger partial charge in [-0.3, -0.25) is 9.78 Å². The van der Waals surface area contributed by atoms with Gasteiger partial charge in [0.05, 0.1) is 16.4 Å². The number of nitrogens with zero attached hydrogens (tertiary/aromatic N) is 4. The first kappa shape index (κ1) is 19.4. The Bertz CT molecular complexity index is 998. The summed E-state index contributed by atoms with van der Waals surface area (Å²) in [6, 6.07) is 7.17. The van der Waals surface area contributed by atoms with Gasteiger partial charge in [0, 0.05) is 42.5 Å². The van der Waals surface area contributed by atoms with Crippen LogP contribution in [-0.2, 0) is 13.0 Å². The number of pyridine rings is 2. The number of aryl methyl sites for hydroxylation is 1. The van der Waals surface area contributed by atoms with E-state index < -0.39 is 0 Å². The summed E-state index contributed by atoms with van der Waals surface area (Å²) >= 11 is 6.50. The second-order valence-electron chi connectivity index (χ2n) is 7.96. The van der Waals surface area contributed by atoms with Gasteiger partial charge in [0.15, 0.2) is 0 Å². The van der Waals surface area contributed by atoms with E-state index in [2.05, 4.69) is 30.9 Å². The van der Waals surface area contributed by atoms with Gasteiger partial charge in [0.25, 0.3) is 5.56 Å². The van der Waals surface area contributed by atoms with Gasteiger partial charge in [-0.1, -0.05) is 39.3 Å². The Morgan fingerprint density at radius 3 is 2.63 bits per heavy atom. The minimum absolute atomic E-state index is 0.00494. The van der Waals surface area contributed by atoms with Crippen molar-refractivity contribution in [3.05, 3.63) is 63.9 Å². The molecule has 0 aliphatic rings. The van der Waals surface area contributed by atoms with Crippen molar-refractivity contribution in [2.24, 2.45) is 5.41 Å². The van der Waals surface area contributed by atoms with E-state index in [1.807, 2.05) is 31.5 Å². The van der Waals surface area contributed by atoms with Crippen LogP contribution in [0.4, 0.5) is 0 Å². The van der Waals surface area contributed by atoms with Gasteiger partial charge in [-0.15, -0.1) is 0 Å². The molecule has 0 spiro atoms. The molecular formula is C21H25ClN4O. The lowest BCUT2D eigenvalue weighted by molar-refractivity contribution is 0.406. The molecule has 0 fully saturated rings. The Hall–Kier alpha value is -2.40. The molecule has 0 saturated heterocycles. The minimum atomic E-state index is -0.00494. The summed E-state index contributed by atoms with van der Waals surface area (Å²) in [4.78, 5) is 16.5. The molecule has 0 saturated carbocycles. The highest BCUT2D eigenvalue weighted by Gasteiger charge is 2.15. The molecule has 0 N–H and O–H groups in total. The third-order valence-corrected chi connectivity index (χ3v) is 4.50. The van der Waals surface area contributed by atoms with Gasteiger partial charge in [0.2, 0.25) is 0 Å². The fourth-order valence-corrected chi connectivity index (χ4v) is 3.25. The molecule has 5 nitrogen and oxygen atoms in total. The van der Waals surface area contributed by atoms with E-state index in [1.165, 1.54) is 0 Å². The van der Waals surface area contributed by atoms with Crippen LogP contribution in [0, 0.1) is 5.41 Å². The first-order valence-corrected chi connectivity index (χ1v) is 9.56. The van der Waals surface area contributed by atoms with Crippen LogP contribution in [0.15, 0.2) is 47.7 Å². The summed E-state index contributed by atoms with van der Waals surface area (Å²) in [5.74, 6) is 0. The molecule has 0 aromatic carbocycles. The van der Waals surface area contributed by atoms with Crippen molar-refractivity contribution in [2.45, 2.75) is 47.1 Å². The third-order valence-electron chi connectivity index (χ3n) is 4.18. The number of hydrogen-bond acceptors (Lipinski definition) is 3. The Labute approximate surface area is 164 Å². The molecule has 0 atom stereocenters. The van der Waals surface area contributed by atoms with Gasteiger partial charge >= 0.3 is 0 Å². The van der Waals surface area contributed by atoms with Crippen molar-refractivity contribution in [3.8, 4) is 16.9 Å². The lowest BCUT2D eigenvalue weighted by Crippen LogP contribution is -2.19.